The van der Waals surface area contributed by atoms with Crippen molar-refractivity contribution < 1.29 is 9.59 Å². The minimum atomic E-state index is -1.05. The number of benzene rings is 2. The molecule has 2 amide bonds. The van der Waals surface area contributed by atoms with Crippen molar-refractivity contribution >= 4 is 46.6 Å². The summed E-state index contributed by atoms with van der Waals surface area (Å²) in [6.07, 6.45) is 0. The molecule has 4 nitrogen and oxygen atoms in total. The lowest BCUT2D eigenvalue weighted by atomic mass is 10.0. The molecule has 116 valence electrons. The van der Waals surface area contributed by atoms with Crippen LogP contribution in [-0.4, -0.2) is 17.6 Å². The first kappa shape index (κ1) is 14.6. The zero-order valence-electron chi connectivity index (χ0n) is 12.3. The fourth-order valence-electron chi connectivity index (χ4n) is 3.10. The Balaban J connectivity index is 1.93. The second-order valence-electron chi connectivity index (χ2n) is 5.60. The minimum absolute atomic E-state index is 0.0956. The first-order chi connectivity index (χ1) is 11.0. The van der Waals surface area contributed by atoms with Crippen LogP contribution < -0.4 is 10.2 Å². The highest BCUT2D eigenvalue weighted by Gasteiger charge is 2.58. The van der Waals surface area contributed by atoms with Gasteiger partial charge in [0.15, 0.2) is 0 Å². The third kappa shape index (κ3) is 1.93. The summed E-state index contributed by atoms with van der Waals surface area (Å²) >= 11 is 7.57. The maximum atomic E-state index is 12.8. The number of carbonyl (C=O) groups is 2. The highest BCUT2D eigenvalue weighted by Crippen LogP contribution is 2.53. The number of thioether (sulfide) groups is 1. The molecule has 0 aromatic heterocycles. The molecular weight excluding hydrogens is 332 g/mol. The van der Waals surface area contributed by atoms with Gasteiger partial charge in [-0.3, -0.25) is 14.5 Å². The molecule has 0 saturated carbocycles. The Morgan fingerprint density at radius 3 is 2.78 bits per heavy atom. The molecule has 1 N–H and O–H groups in total. The molecule has 1 spiro atoms. The molecule has 0 bridgehead atoms. The number of halogens is 1. The standard InChI is InChI=1S/C17H13ClN2O2S/c1-10-6-7-11(8-13(10)18)20-15(21)9-23-17(20)12-4-2-3-5-14(12)19-16(17)22/h2-8H,9H2,1H3,(H,19,22)/t17-/m1/s1. The summed E-state index contributed by atoms with van der Waals surface area (Å²) < 4.78 is 0. The Hall–Kier alpha value is -1.98. The summed E-state index contributed by atoms with van der Waals surface area (Å²) in [5.74, 6) is -0.0270. The molecule has 2 aromatic rings. The van der Waals surface area contributed by atoms with Gasteiger partial charge in [0.1, 0.15) is 0 Å². The van der Waals surface area contributed by atoms with Crippen molar-refractivity contribution in [1.29, 1.82) is 0 Å². The van der Waals surface area contributed by atoms with E-state index < -0.39 is 4.87 Å². The Morgan fingerprint density at radius 2 is 2.00 bits per heavy atom. The molecule has 0 radical (unpaired) electrons. The van der Waals surface area contributed by atoms with Crippen molar-refractivity contribution in [2.24, 2.45) is 0 Å². The number of para-hydroxylation sites is 1. The summed E-state index contributed by atoms with van der Waals surface area (Å²) in [7, 11) is 0. The number of fused-ring (bicyclic) bond motifs is 2. The van der Waals surface area contributed by atoms with E-state index in [2.05, 4.69) is 5.32 Å². The lowest BCUT2D eigenvalue weighted by Crippen LogP contribution is -2.47. The Morgan fingerprint density at radius 1 is 1.22 bits per heavy atom. The van der Waals surface area contributed by atoms with Crippen LogP contribution in [0.2, 0.25) is 5.02 Å². The summed E-state index contributed by atoms with van der Waals surface area (Å²) in [5, 5.41) is 3.47. The van der Waals surface area contributed by atoms with Gasteiger partial charge in [0, 0.05) is 22.0 Å². The van der Waals surface area contributed by atoms with E-state index in [0.717, 1.165) is 16.8 Å². The van der Waals surface area contributed by atoms with E-state index in [-0.39, 0.29) is 17.6 Å². The number of aryl methyl sites for hydroxylation is 1. The van der Waals surface area contributed by atoms with E-state index in [1.807, 2.05) is 43.3 Å². The van der Waals surface area contributed by atoms with Gasteiger partial charge < -0.3 is 5.32 Å². The van der Waals surface area contributed by atoms with E-state index in [9.17, 15) is 9.59 Å². The van der Waals surface area contributed by atoms with E-state index >= 15 is 0 Å². The van der Waals surface area contributed by atoms with Crippen molar-refractivity contribution in [2.45, 2.75) is 11.8 Å². The zero-order valence-corrected chi connectivity index (χ0v) is 13.9. The maximum Gasteiger partial charge on any atom is 0.266 e. The average Bonchev–Trinajstić information content (AvgIpc) is 3.02. The largest absolute Gasteiger partial charge is 0.323 e. The SMILES string of the molecule is Cc1ccc(N2C(=O)CS[C@]23C(=O)Nc2ccccc23)cc1Cl. The van der Waals surface area contributed by atoms with Crippen LogP contribution in [0.25, 0.3) is 0 Å². The maximum absolute atomic E-state index is 12.8. The van der Waals surface area contributed by atoms with Gasteiger partial charge in [-0.1, -0.05) is 35.9 Å². The molecule has 1 fully saturated rings. The van der Waals surface area contributed by atoms with Gasteiger partial charge in [-0.05, 0) is 30.7 Å². The first-order valence-corrected chi connectivity index (χ1v) is 8.54. The number of nitrogens with zero attached hydrogens (tertiary/aromatic N) is 1. The summed E-state index contributed by atoms with van der Waals surface area (Å²) in [5.41, 5.74) is 3.14. The third-order valence-electron chi connectivity index (χ3n) is 4.23. The average molecular weight is 345 g/mol. The summed E-state index contributed by atoms with van der Waals surface area (Å²) in [6, 6.07) is 12.9. The molecule has 1 saturated heterocycles. The molecule has 4 rings (SSSR count). The number of amides is 2. The minimum Gasteiger partial charge on any atom is -0.323 e. The van der Waals surface area contributed by atoms with Gasteiger partial charge >= 0.3 is 0 Å². The highest BCUT2D eigenvalue weighted by molar-refractivity contribution is 8.02. The molecule has 0 aliphatic carbocycles. The third-order valence-corrected chi connectivity index (χ3v) is 6.03. The number of rotatable bonds is 1. The fraction of sp³-hybridized carbons (Fsp3) is 0.176. The monoisotopic (exact) mass is 344 g/mol. The number of nitrogens with one attached hydrogen (secondary N) is 1. The molecule has 2 aliphatic rings. The fourth-order valence-corrected chi connectivity index (χ4v) is 4.59. The van der Waals surface area contributed by atoms with Crippen molar-refractivity contribution in [3.63, 3.8) is 0 Å². The molecule has 0 unspecified atom stereocenters. The second kappa shape index (κ2) is 5.01. The van der Waals surface area contributed by atoms with Crippen molar-refractivity contribution in [1.82, 2.24) is 0 Å². The van der Waals surface area contributed by atoms with Gasteiger partial charge in [-0.25, -0.2) is 0 Å². The number of carbonyl (C=O) groups excluding carboxylic acids is 2. The van der Waals surface area contributed by atoms with Crippen LogP contribution in [0.1, 0.15) is 11.1 Å². The molecular formula is C17H13ClN2O2S. The van der Waals surface area contributed by atoms with Crippen molar-refractivity contribution in [2.75, 3.05) is 16.0 Å². The predicted molar refractivity (Wildman–Crippen MR) is 92.9 cm³/mol. The predicted octanol–water partition coefficient (Wildman–Crippen LogP) is 3.53. The molecule has 2 aliphatic heterocycles. The van der Waals surface area contributed by atoms with Gasteiger partial charge in [0.05, 0.1) is 5.75 Å². The van der Waals surface area contributed by atoms with E-state index in [1.165, 1.54) is 11.8 Å². The normalized spacial score (nSPS) is 22.6. The number of hydrogen-bond acceptors (Lipinski definition) is 3. The van der Waals surface area contributed by atoms with Crippen LogP contribution >= 0.6 is 23.4 Å². The van der Waals surface area contributed by atoms with Crippen LogP contribution in [0, 0.1) is 6.92 Å². The van der Waals surface area contributed by atoms with Gasteiger partial charge in [-0.15, -0.1) is 11.8 Å². The smallest absolute Gasteiger partial charge is 0.266 e. The van der Waals surface area contributed by atoms with Crippen molar-refractivity contribution in [3.8, 4) is 0 Å². The second-order valence-corrected chi connectivity index (χ2v) is 7.17. The van der Waals surface area contributed by atoms with Gasteiger partial charge in [-0.2, -0.15) is 0 Å². The van der Waals surface area contributed by atoms with E-state index in [1.54, 1.807) is 11.0 Å². The quantitative estimate of drug-likeness (QED) is 0.861. The number of anilines is 2. The van der Waals surface area contributed by atoms with Crippen LogP contribution in [0.5, 0.6) is 0 Å². The topological polar surface area (TPSA) is 49.4 Å². The lowest BCUT2D eigenvalue weighted by molar-refractivity contribution is -0.122. The Labute approximate surface area is 142 Å². The Kier molecular flexibility index (Phi) is 3.18. The molecule has 6 heteroatoms. The van der Waals surface area contributed by atoms with Crippen LogP contribution in [-0.2, 0) is 14.5 Å². The molecule has 1 atom stereocenters. The highest BCUT2D eigenvalue weighted by atomic mass is 35.5. The molecule has 2 heterocycles. The molecule has 23 heavy (non-hydrogen) atoms. The van der Waals surface area contributed by atoms with Gasteiger partial charge in [0.25, 0.3) is 5.91 Å². The van der Waals surface area contributed by atoms with E-state index in [0.29, 0.717) is 10.7 Å². The van der Waals surface area contributed by atoms with Gasteiger partial charge in [0.2, 0.25) is 10.8 Å². The van der Waals surface area contributed by atoms with Crippen LogP contribution in [0.15, 0.2) is 42.5 Å². The summed E-state index contributed by atoms with van der Waals surface area (Å²) in [4.78, 5) is 25.9. The molecule has 2 aromatic carbocycles. The lowest BCUT2D eigenvalue weighted by Gasteiger charge is -2.32. The van der Waals surface area contributed by atoms with Crippen molar-refractivity contribution in [3.05, 3.63) is 58.6 Å². The van der Waals surface area contributed by atoms with Crippen LogP contribution in [0.3, 0.4) is 0 Å². The van der Waals surface area contributed by atoms with Crippen LogP contribution in [0.4, 0.5) is 11.4 Å². The number of hydrogen-bond donors (Lipinski definition) is 1. The Bertz CT molecular complexity index is 854. The van der Waals surface area contributed by atoms with E-state index in [4.69, 9.17) is 11.6 Å². The first-order valence-electron chi connectivity index (χ1n) is 7.18. The summed E-state index contributed by atoms with van der Waals surface area (Å²) in [6.45, 7) is 1.90. The zero-order chi connectivity index (χ0) is 16.2.